The molecule has 2 aromatic heterocycles. The van der Waals surface area contributed by atoms with Crippen LogP contribution in [-0.4, -0.2) is 40.4 Å². The summed E-state index contributed by atoms with van der Waals surface area (Å²) in [4.78, 5) is 6.77. The fraction of sp³-hybridized carbons (Fsp3) is 0.455. The van der Waals surface area contributed by atoms with Crippen LogP contribution in [0.25, 0.3) is 5.65 Å². The first-order valence-electron chi connectivity index (χ1n) is 5.60. The maximum absolute atomic E-state index is 6.17. The fourth-order valence-electron chi connectivity index (χ4n) is 2.08. The minimum absolute atomic E-state index is 0.317. The summed E-state index contributed by atoms with van der Waals surface area (Å²) in [6, 6.07) is 4.02. The van der Waals surface area contributed by atoms with Crippen LogP contribution >= 0.6 is 11.6 Å². The van der Waals surface area contributed by atoms with Crippen molar-refractivity contribution in [3.05, 3.63) is 23.5 Å². The van der Waals surface area contributed by atoms with Crippen LogP contribution < -0.4 is 4.90 Å². The van der Waals surface area contributed by atoms with Crippen LogP contribution in [0.15, 0.2) is 18.3 Å². The van der Waals surface area contributed by atoms with Crippen molar-refractivity contribution < 1.29 is 4.74 Å². The van der Waals surface area contributed by atoms with Gasteiger partial charge in [0.2, 0.25) is 0 Å². The van der Waals surface area contributed by atoms with Gasteiger partial charge in [0.05, 0.1) is 25.5 Å². The van der Waals surface area contributed by atoms with Crippen LogP contribution in [0.1, 0.15) is 6.92 Å². The highest BCUT2D eigenvalue weighted by atomic mass is 35.5. The first-order chi connectivity index (χ1) is 8.25. The minimum atomic E-state index is 0.317. The number of anilines is 1. The van der Waals surface area contributed by atoms with Gasteiger partial charge in [-0.3, -0.25) is 0 Å². The molecule has 0 aromatic carbocycles. The molecule has 5 nitrogen and oxygen atoms in total. The number of morpholine rings is 1. The lowest BCUT2D eigenvalue weighted by Crippen LogP contribution is -2.44. The van der Waals surface area contributed by atoms with E-state index in [1.54, 1.807) is 10.7 Å². The molecule has 0 bridgehead atoms. The zero-order valence-corrected chi connectivity index (χ0v) is 10.3. The predicted molar refractivity (Wildman–Crippen MR) is 65.6 cm³/mol. The van der Waals surface area contributed by atoms with Crippen molar-refractivity contribution in [3.8, 4) is 0 Å². The summed E-state index contributed by atoms with van der Waals surface area (Å²) in [7, 11) is 0. The maximum atomic E-state index is 6.17. The number of fused-ring (bicyclic) bond motifs is 1. The SMILES string of the molecule is C[C@@H]1COCCN1c1cc(Cl)n2nccc2n1. The first-order valence-corrected chi connectivity index (χ1v) is 5.98. The van der Waals surface area contributed by atoms with Gasteiger partial charge < -0.3 is 9.64 Å². The van der Waals surface area contributed by atoms with Gasteiger partial charge in [-0.05, 0) is 6.92 Å². The second-order valence-electron chi connectivity index (χ2n) is 4.16. The molecule has 6 heteroatoms. The molecule has 1 aliphatic heterocycles. The molecule has 1 fully saturated rings. The molecule has 0 N–H and O–H groups in total. The summed E-state index contributed by atoms with van der Waals surface area (Å²) in [5.41, 5.74) is 0.770. The Kier molecular flexibility index (Phi) is 2.64. The van der Waals surface area contributed by atoms with Crippen molar-refractivity contribution in [2.75, 3.05) is 24.7 Å². The van der Waals surface area contributed by atoms with Crippen molar-refractivity contribution in [1.82, 2.24) is 14.6 Å². The molecule has 1 aliphatic rings. The van der Waals surface area contributed by atoms with E-state index in [0.717, 1.165) is 31.2 Å². The highest BCUT2D eigenvalue weighted by Crippen LogP contribution is 2.22. The van der Waals surface area contributed by atoms with Gasteiger partial charge in [-0.25, -0.2) is 9.50 Å². The van der Waals surface area contributed by atoms with Crippen molar-refractivity contribution >= 4 is 23.1 Å². The minimum Gasteiger partial charge on any atom is -0.377 e. The molecule has 0 radical (unpaired) electrons. The van der Waals surface area contributed by atoms with E-state index < -0.39 is 0 Å². The van der Waals surface area contributed by atoms with E-state index in [1.165, 1.54) is 0 Å². The zero-order valence-electron chi connectivity index (χ0n) is 9.51. The number of rotatable bonds is 1. The van der Waals surface area contributed by atoms with Gasteiger partial charge in [-0.2, -0.15) is 5.10 Å². The first kappa shape index (κ1) is 10.8. The highest BCUT2D eigenvalue weighted by Gasteiger charge is 2.21. The molecule has 0 unspecified atom stereocenters. The average molecular weight is 253 g/mol. The predicted octanol–water partition coefficient (Wildman–Crippen LogP) is 1.61. The van der Waals surface area contributed by atoms with Gasteiger partial charge in [-0.15, -0.1) is 0 Å². The molecule has 3 heterocycles. The number of hydrogen-bond acceptors (Lipinski definition) is 4. The number of nitrogens with zero attached hydrogens (tertiary/aromatic N) is 4. The number of hydrogen-bond donors (Lipinski definition) is 0. The third-order valence-electron chi connectivity index (χ3n) is 2.96. The molecule has 0 saturated carbocycles. The topological polar surface area (TPSA) is 42.7 Å². The smallest absolute Gasteiger partial charge is 0.159 e. The summed E-state index contributed by atoms with van der Waals surface area (Å²) in [5.74, 6) is 0.888. The fourth-order valence-corrected chi connectivity index (χ4v) is 2.31. The number of halogens is 1. The lowest BCUT2D eigenvalue weighted by molar-refractivity contribution is 0.0985. The van der Waals surface area contributed by atoms with Gasteiger partial charge in [0.25, 0.3) is 0 Å². The lowest BCUT2D eigenvalue weighted by Gasteiger charge is -2.34. The van der Waals surface area contributed by atoms with Crippen LogP contribution in [0.4, 0.5) is 5.82 Å². The molecule has 0 spiro atoms. The molecule has 2 aromatic rings. The van der Waals surface area contributed by atoms with Crippen molar-refractivity contribution in [2.45, 2.75) is 13.0 Å². The molecule has 0 aliphatic carbocycles. The summed E-state index contributed by atoms with van der Waals surface area (Å²) in [6.45, 7) is 4.42. The van der Waals surface area contributed by atoms with E-state index in [0.29, 0.717) is 11.2 Å². The van der Waals surface area contributed by atoms with Gasteiger partial charge in [0.1, 0.15) is 11.0 Å². The molecule has 1 saturated heterocycles. The average Bonchev–Trinajstić information content (AvgIpc) is 2.78. The Morgan fingerprint density at radius 1 is 1.53 bits per heavy atom. The zero-order chi connectivity index (χ0) is 11.8. The number of ether oxygens (including phenoxy) is 1. The van der Waals surface area contributed by atoms with Gasteiger partial charge in [0.15, 0.2) is 5.65 Å². The van der Waals surface area contributed by atoms with E-state index in [4.69, 9.17) is 16.3 Å². The Labute approximate surface area is 104 Å². The molecule has 17 heavy (non-hydrogen) atoms. The second kappa shape index (κ2) is 4.16. The Hall–Kier alpha value is -1.33. The molecule has 0 amide bonds. The second-order valence-corrected chi connectivity index (χ2v) is 4.54. The third kappa shape index (κ3) is 1.85. The third-order valence-corrected chi connectivity index (χ3v) is 3.23. The number of aromatic nitrogens is 3. The summed E-state index contributed by atoms with van der Waals surface area (Å²) in [5, 5.41) is 4.68. The highest BCUT2D eigenvalue weighted by molar-refractivity contribution is 6.29. The van der Waals surface area contributed by atoms with Crippen molar-refractivity contribution in [1.29, 1.82) is 0 Å². The van der Waals surface area contributed by atoms with E-state index in [-0.39, 0.29) is 0 Å². The molecule has 1 atom stereocenters. The van der Waals surface area contributed by atoms with E-state index in [2.05, 4.69) is 21.9 Å². The molecule has 3 rings (SSSR count). The molecule has 90 valence electrons. The Balaban J connectivity index is 2.04. The Morgan fingerprint density at radius 3 is 3.24 bits per heavy atom. The molecular formula is C11H13ClN4O. The van der Waals surface area contributed by atoms with E-state index in [1.807, 2.05) is 12.1 Å². The Morgan fingerprint density at radius 2 is 2.41 bits per heavy atom. The normalized spacial score (nSPS) is 21.1. The lowest BCUT2D eigenvalue weighted by atomic mass is 10.2. The summed E-state index contributed by atoms with van der Waals surface area (Å²) < 4.78 is 7.04. The van der Waals surface area contributed by atoms with Crippen LogP contribution in [-0.2, 0) is 4.74 Å². The molecular weight excluding hydrogens is 240 g/mol. The van der Waals surface area contributed by atoms with Crippen molar-refractivity contribution in [2.24, 2.45) is 0 Å². The standard InChI is InChI=1S/C11H13ClN4O/c1-8-7-17-5-4-15(8)11-6-9(12)16-10(14-11)2-3-13-16/h2-3,6,8H,4-5,7H2,1H3/t8-/m1/s1. The maximum Gasteiger partial charge on any atom is 0.159 e. The summed E-state index contributed by atoms with van der Waals surface area (Å²) in [6.07, 6.45) is 1.70. The van der Waals surface area contributed by atoms with Crippen LogP contribution in [0, 0.1) is 0 Å². The summed E-state index contributed by atoms with van der Waals surface area (Å²) >= 11 is 6.17. The largest absolute Gasteiger partial charge is 0.377 e. The van der Waals surface area contributed by atoms with Gasteiger partial charge >= 0.3 is 0 Å². The van der Waals surface area contributed by atoms with Gasteiger partial charge in [0, 0.05) is 18.7 Å². The monoisotopic (exact) mass is 252 g/mol. The van der Waals surface area contributed by atoms with Crippen LogP contribution in [0.2, 0.25) is 5.15 Å². The van der Waals surface area contributed by atoms with Gasteiger partial charge in [-0.1, -0.05) is 11.6 Å². The van der Waals surface area contributed by atoms with Crippen LogP contribution in [0.3, 0.4) is 0 Å². The van der Waals surface area contributed by atoms with E-state index >= 15 is 0 Å². The van der Waals surface area contributed by atoms with Crippen molar-refractivity contribution in [3.63, 3.8) is 0 Å². The Bertz CT molecular complexity index is 541. The van der Waals surface area contributed by atoms with E-state index in [9.17, 15) is 0 Å². The van der Waals surface area contributed by atoms with Crippen LogP contribution in [0.5, 0.6) is 0 Å². The quantitative estimate of drug-likeness (QED) is 0.724.